The molecule has 1 fully saturated rings. The summed E-state index contributed by atoms with van der Waals surface area (Å²) in [5.41, 5.74) is 2.88. The van der Waals surface area contributed by atoms with E-state index in [9.17, 15) is 14.7 Å². The Bertz CT molecular complexity index is 1400. The van der Waals surface area contributed by atoms with E-state index in [1.807, 2.05) is 26.8 Å². The van der Waals surface area contributed by atoms with Crippen molar-refractivity contribution in [2.75, 3.05) is 13.2 Å². The minimum atomic E-state index is -0.832. The Hall–Kier alpha value is -4.33. The van der Waals surface area contributed by atoms with E-state index in [1.165, 1.54) is 4.90 Å². The first-order valence-electron chi connectivity index (χ1n) is 12.8. The van der Waals surface area contributed by atoms with E-state index >= 15 is 0 Å². The zero-order valence-corrected chi connectivity index (χ0v) is 21.6. The SMILES string of the molecule is CCOc1ccc(C2/C(=C(/O)c3ccc4c(c3)CC(C)O4)C(=O)C(=O)N2Cc2ccncc2)cc1OCC. The lowest BCUT2D eigenvalue weighted by Gasteiger charge is -2.26. The van der Waals surface area contributed by atoms with Crippen LogP contribution in [0, 0.1) is 0 Å². The Morgan fingerprint density at radius 1 is 1.03 bits per heavy atom. The summed E-state index contributed by atoms with van der Waals surface area (Å²) < 4.78 is 17.3. The maximum Gasteiger partial charge on any atom is 0.295 e. The Morgan fingerprint density at radius 3 is 2.50 bits per heavy atom. The second-order valence-electron chi connectivity index (χ2n) is 9.31. The number of hydrogen-bond donors (Lipinski definition) is 1. The van der Waals surface area contributed by atoms with Crippen LogP contribution in [0.15, 0.2) is 66.5 Å². The van der Waals surface area contributed by atoms with Crippen LogP contribution in [0.25, 0.3) is 5.76 Å². The molecule has 0 aliphatic carbocycles. The van der Waals surface area contributed by atoms with Gasteiger partial charge in [0, 0.05) is 30.9 Å². The Labute approximate surface area is 221 Å². The number of benzene rings is 2. The van der Waals surface area contributed by atoms with Crippen molar-refractivity contribution in [2.24, 2.45) is 0 Å². The van der Waals surface area contributed by atoms with E-state index in [0.717, 1.165) is 16.9 Å². The van der Waals surface area contributed by atoms with E-state index in [0.29, 0.717) is 42.3 Å². The molecule has 1 N–H and O–H groups in total. The molecule has 2 aliphatic heterocycles. The number of aliphatic hydroxyl groups is 1. The number of aliphatic hydroxyl groups excluding tert-OH is 1. The topological polar surface area (TPSA) is 98.2 Å². The minimum absolute atomic E-state index is 0.0302. The third-order valence-corrected chi connectivity index (χ3v) is 6.69. The monoisotopic (exact) mass is 514 g/mol. The summed E-state index contributed by atoms with van der Waals surface area (Å²) in [5.74, 6) is 0.190. The molecule has 0 radical (unpaired) electrons. The van der Waals surface area contributed by atoms with Crippen LogP contribution in [0.4, 0.5) is 0 Å². The fraction of sp³-hybridized carbons (Fsp3) is 0.300. The van der Waals surface area contributed by atoms with Crippen LogP contribution in [0.5, 0.6) is 17.2 Å². The molecule has 38 heavy (non-hydrogen) atoms. The molecule has 2 aliphatic rings. The van der Waals surface area contributed by atoms with Crippen LogP contribution in [-0.4, -0.2) is 46.0 Å². The van der Waals surface area contributed by atoms with Crippen molar-refractivity contribution in [3.63, 3.8) is 0 Å². The van der Waals surface area contributed by atoms with Gasteiger partial charge in [0.25, 0.3) is 11.7 Å². The number of nitrogens with zero attached hydrogens (tertiary/aromatic N) is 2. The minimum Gasteiger partial charge on any atom is -0.507 e. The molecule has 0 saturated carbocycles. The van der Waals surface area contributed by atoms with Gasteiger partial charge in [-0.05, 0) is 79.9 Å². The number of pyridine rings is 1. The summed E-state index contributed by atoms with van der Waals surface area (Å²) in [5, 5.41) is 11.5. The molecule has 8 heteroatoms. The summed E-state index contributed by atoms with van der Waals surface area (Å²) in [6.45, 7) is 6.77. The van der Waals surface area contributed by atoms with Gasteiger partial charge in [-0.2, -0.15) is 0 Å². The van der Waals surface area contributed by atoms with Crippen molar-refractivity contribution < 1.29 is 28.9 Å². The highest BCUT2D eigenvalue weighted by atomic mass is 16.5. The highest BCUT2D eigenvalue weighted by Gasteiger charge is 2.46. The maximum atomic E-state index is 13.5. The van der Waals surface area contributed by atoms with Gasteiger partial charge < -0.3 is 24.2 Å². The number of carbonyl (C=O) groups excluding carboxylic acids is 2. The fourth-order valence-corrected chi connectivity index (χ4v) is 5.04. The van der Waals surface area contributed by atoms with Crippen molar-refractivity contribution in [3.8, 4) is 17.2 Å². The summed E-state index contributed by atoms with van der Waals surface area (Å²) >= 11 is 0. The maximum absolute atomic E-state index is 13.5. The average molecular weight is 515 g/mol. The number of aromatic nitrogens is 1. The van der Waals surface area contributed by atoms with Crippen LogP contribution in [-0.2, 0) is 22.6 Å². The zero-order chi connectivity index (χ0) is 26.8. The molecular weight excluding hydrogens is 484 g/mol. The lowest BCUT2D eigenvalue weighted by Crippen LogP contribution is -2.29. The van der Waals surface area contributed by atoms with E-state index in [4.69, 9.17) is 14.2 Å². The fourth-order valence-electron chi connectivity index (χ4n) is 5.04. The van der Waals surface area contributed by atoms with Gasteiger partial charge in [-0.1, -0.05) is 6.07 Å². The van der Waals surface area contributed by atoms with Gasteiger partial charge in [0.2, 0.25) is 0 Å². The van der Waals surface area contributed by atoms with E-state index in [-0.39, 0.29) is 24.0 Å². The summed E-state index contributed by atoms with van der Waals surface area (Å²) in [4.78, 5) is 32.4. The standard InChI is InChI=1S/C30H30N2O6/c1-4-36-24-9-6-20(16-25(24)37-5-2)27-26(28(33)21-7-8-23-22(15-21)14-18(3)38-23)29(34)30(35)32(27)17-19-10-12-31-13-11-19/h6-13,15-16,18,27,33H,4-5,14,17H2,1-3H3/b28-26-. The molecule has 1 aromatic heterocycles. The van der Waals surface area contributed by atoms with E-state index in [1.54, 1.807) is 54.9 Å². The predicted molar refractivity (Wildman–Crippen MR) is 141 cm³/mol. The van der Waals surface area contributed by atoms with Gasteiger partial charge in [-0.15, -0.1) is 0 Å². The Kier molecular flexibility index (Phi) is 7.05. The van der Waals surface area contributed by atoms with Crippen molar-refractivity contribution in [1.29, 1.82) is 0 Å². The molecule has 0 bridgehead atoms. The molecule has 2 atom stereocenters. The van der Waals surface area contributed by atoms with Crippen LogP contribution in [0.1, 0.15) is 49.1 Å². The third-order valence-electron chi connectivity index (χ3n) is 6.69. The summed E-state index contributed by atoms with van der Waals surface area (Å²) in [7, 11) is 0. The zero-order valence-electron chi connectivity index (χ0n) is 21.6. The Balaban J connectivity index is 1.65. The van der Waals surface area contributed by atoms with Gasteiger partial charge in [0.15, 0.2) is 11.5 Å². The lowest BCUT2D eigenvalue weighted by molar-refractivity contribution is -0.140. The smallest absolute Gasteiger partial charge is 0.295 e. The van der Waals surface area contributed by atoms with Crippen molar-refractivity contribution in [1.82, 2.24) is 9.88 Å². The number of ether oxygens (including phenoxy) is 3. The average Bonchev–Trinajstić information content (AvgIpc) is 3.41. The van der Waals surface area contributed by atoms with Crippen molar-refractivity contribution >= 4 is 17.4 Å². The molecule has 1 saturated heterocycles. The van der Waals surface area contributed by atoms with Gasteiger partial charge >= 0.3 is 0 Å². The molecule has 0 spiro atoms. The molecule has 2 unspecified atom stereocenters. The molecular formula is C30H30N2O6. The first-order chi connectivity index (χ1) is 18.4. The number of Topliss-reactive ketones (excluding diaryl/α,β-unsaturated/α-hetero) is 1. The molecule has 5 rings (SSSR count). The molecule has 8 nitrogen and oxygen atoms in total. The highest BCUT2D eigenvalue weighted by Crippen LogP contribution is 2.43. The number of fused-ring (bicyclic) bond motifs is 1. The number of carbonyl (C=O) groups is 2. The quantitative estimate of drug-likeness (QED) is 0.261. The highest BCUT2D eigenvalue weighted by molar-refractivity contribution is 6.46. The summed E-state index contributed by atoms with van der Waals surface area (Å²) in [6.07, 6.45) is 4.01. The van der Waals surface area contributed by atoms with E-state index in [2.05, 4.69) is 4.98 Å². The van der Waals surface area contributed by atoms with Crippen molar-refractivity contribution in [2.45, 2.75) is 45.9 Å². The van der Waals surface area contributed by atoms with Gasteiger partial charge in [0.1, 0.15) is 17.6 Å². The second-order valence-corrected chi connectivity index (χ2v) is 9.31. The lowest BCUT2D eigenvalue weighted by atomic mass is 9.94. The largest absolute Gasteiger partial charge is 0.507 e. The predicted octanol–water partition coefficient (Wildman–Crippen LogP) is 4.82. The molecule has 3 aromatic rings. The van der Waals surface area contributed by atoms with Gasteiger partial charge in [0.05, 0.1) is 24.8 Å². The van der Waals surface area contributed by atoms with Gasteiger partial charge in [-0.25, -0.2) is 0 Å². The number of likely N-dealkylation sites (tertiary alicyclic amines) is 1. The van der Waals surface area contributed by atoms with E-state index < -0.39 is 17.7 Å². The molecule has 2 aromatic carbocycles. The number of amides is 1. The summed E-state index contributed by atoms with van der Waals surface area (Å²) in [6, 6.07) is 13.4. The normalized spacial score (nSPS) is 19.8. The van der Waals surface area contributed by atoms with Crippen molar-refractivity contribution in [3.05, 3.63) is 88.8 Å². The first kappa shape index (κ1) is 25.3. The van der Waals surface area contributed by atoms with Crippen LogP contribution < -0.4 is 14.2 Å². The second kappa shape index (κ2) is 10.6. The number of hydrogen-bond acceptors (Lipinski definition) is 7. The number of ketones is 1. The van der Waals surface area contributed by atoms with Gasteiger partial charge in [-0.3, -0.25) is 14.6 Å². The van der Waals surface area contributed by atoms with Crippen LogP contribution >= 0.6 is 0 Å². The Morgan fingerprint density at radius 2 is 1.76 bits per heavy atom. The molecule has 3 heterocycles. The third kappa shape index (κ3) is 4.69. The van der Waals surface area contributed by atoms with Crippen LogP contribution in [0.2, 0.25) is 0 Å². The van der Waals surface area contributed by atoms with Crippen LogP contribution in [0.3, 0.4) is 0 Å². The molecule has 196 valence electrons. The first-order valence-corrected chi connectivity index (χ1v) is 12.8. The number of rotatable bonds is 8. The molecule has 1 amide bonds.